The summed E-state index contributed by atoms with van der Waals surface area (Å²) in [6, 6.07) is 41.2. The molecule has 8 aromatic rings. The van der Waals surface area contributed by atoms with Crippen LogP contribution in [-0.2, 0) is 0 Å². The molecular weight excluding hydrogens is 510 g/mol. The summed E-state index contributed by atoms with van der Waals surface area (Å²) in [5.41, 5.74) is 7.04. The van der Waals surface area contributed by atoms with Crippen molar-refractivity contribution in [1.82, 2.24) is 24.3 Å². The number of hydrogen-bond acceptors (Lipinski definition) is 5. The Bertz CT molecular complexity index is 2110. The minimum atomic E-state index is 0.644. The molecule has 0 aliphatic heterocycles. The van der Waals surface area contributed by atoms with E-state index in [-0.39, 0.29) is 0 Å². The summed E-state index contributed by atoms with van der Waals surface area (Å²) in [5.74, 6) is 1.95. The van der Waals surface area contributed by atoms with Gasteiger partial charge in [-0.25, -0.2) is 19.9 Å². The second-order valence-corrected chi connectivity index (χ2v) is 10.7. The number of thiophene rings is 1. The lowest BCUT2D eigenvalue weighted by atomic mass is 10.0. The molecule has 8 rings (SSSR count). The van der Waals surface area contributed by atoms with Gasteiger partial charge in [0.05, 0.1) is 0 Å². The zero-order chi connectivity index (χ0) is 26.5. The van der Waals surface area contributed by atoms with Crippen molar-refractivity contribution >= 4 is 37.4 Å². The average Bonchev–Trinajstić information content (AvgIpc) is 3.58. The molecular formula is C34H21N5S. The van der Waals surface area contributed by atoms with Gasteiger partial charge in [-0.1, -0.05) is 97.1 Å². The first-order valence-corrected chi connectivity index (χ1v) is 13.9. The molecule has 0 bridgehead atoms. The fraction of sp³-hybridized carbons (Fsp3) is 0. The molecule has 6 heteroatoms. The molecule has 0 aliphatic carbocycles. The van der Waals surface area contributed by atoms with E-state index in [4.69, 9.17) is 19.9 Å². The van der Waals surface area contributed by atoms with Crippen molar-refractivity contribution in [1.29, 1.82) is 0 Å². The zero-order valence-electron chi connectivity index (χ0n) is 21.3. The fourth-order valence-electron chi connectivity index (χ4n) is 5.10. The topological polar surface area (TPSA) is 56.0 Å². The highest BCUT2D eigenvalue weighted by molar-refractivity contribution is 7.25. The van der Waals surface area contributed by atoms with Crippen molar-refractivity contribution in [3.05, 3.63) is 128 Å². The summed E-state index contributed by atoms with van der Waals surface area (Å²) < 4.78 is 3.45. The first-order valence-electron chi connectivity index (χ1n) is 13.1. The number of benzene rings is 4. The van der Waals surface area contributed by atoms with E-state index in [2.05, 4.69) is 71.3 Å². The minimum absolute atomic E-state index is 0.644. The first-order chi connectivity index (χ1) is 19.8. The van der Waals surface area contributed by atoms with Crippen LogP contribution < -0.4 is 0 Å². The standard InChI is InChI=1S/C34H21N5S/c1-3-10-22(11-4-1)31-36-32(23-12-5-2-6-13-23)38-33(37-31)25-15-9-14-24(20-25)26-18-19-29-35-30-27-16-7-8-17-28(27)40-34(30)39(29)21-26/h1-21H. The van der Waals surface area contributed by atoms with Gasteiger partial charge < -0.3 is 0 Å². The van der Waals surface area contributed by atoms with Crippen LogP contribution in [0, 0.1) is 0 Å². The molecule has 0 saturated carbocycles. The highest BCUT2D eigenvalue weighted by Crippen LogP contribution is 2.35. The van der Waals surface area contributed by atoms with Crippen molar-refractivity contribution in [2.75, 3.05) is 0 Å². The van der Waals surface area contributed by atoms with Crippen molar-refractivity contribution in [3.63, 3.8) is 0 Å². The fourth-order valence-corrected chi connectivity index (χ4v) is 6.22. The summed E-state index contributed by atoms with van der Waals surface area (Å²) in [6.45, 7) is 0. The molecule has 40 heavy (non-hydrogen) atoms. The third kappa shape index (κ3) is 3.85. The Kier molecular flexibility index (Phi) is 5.24. The smallest absolute Gasteiger partial charge is 0.164 e. The number of rotatable bonds is 4. The Morgan fingerprint density at radius 2 is 1.07 bits per heavy atom. The van der Waals surface area contributed by atoms with E-state index >= 15 is 0 Å². The number of imidazole rings is 1. The van der Waals surface area contributed by atoms with Gasteiger partial charge in [-0.05, 0) is 35.4 Å². The molecule has 0 fully saturated rings. The van der Waals surface area contributed by atoms with E-state index in [0.717, 1.165) is 43.8 Å². The van der Waals surface area contributed by atoms with Gasteiger partial charge in [0.15, 0.2) is 17.5 Å². The van der Waals surface area contributed by atoms with E-state index in [0.29, 0.717) is 17.5 Å². The lowest BCUT2D eigenvalue weighted by molar-refractivity contribution is 1.07. The molecule has 5 nitrogen and oxygen atoms in total. The Morgan fingerprint density at radius 3 is 1.80 bits per heavy atom. The number of hydrogen-bond donors (Lipinski definition) is 0. The summed E-state index contributed by atoms with van der Waals surface area (Å²) in [6.07, 6.45) is 2.18. The zero-order valence-corrected chi connectivity index (χ0v) is 22.1. The summed E-state index contributed by atoms with van der Waals surface area (Å²) in [7, 11) is 0. The van der Waals surface area contributed by atoms with Gasteiger partial charge in [-0.15, -0.1) is 11.3 Å². The van der Waals surface area contributed by atoms with Gasteiger partial charge in [0.1, 0.15) is 16.0 Å². The molecule has 0 spiro atoms. The van der Waals surface area contributed by atoms with Crippen LogP contribution in [0.25, 0.3) is 71.4 Å². The molecule has 4 aromatic carbocycles. The SMILES string of the molecule is c1ccc(-c2nc(-c3ccccc3)nc(-c3cccc(-c4ccc5nc6c7ccccc7sc6n5c4)c3)n2)cc1. The number of nitrogens with zero attached hydrogens (tertiary/aromatic N) is 5. The van der Waals surface area contributed by atoms with Crippen LogP contribution in [0.4, 0.5) is 0 Å². The van der Waals surface area contributed by atoms with E-state index in [1.807, 2.05) is 60.7 Å². The third-order valence-electron chi connectivity index (χ3n) is 7.08. The van der Waals surface area contributed by atoms with Crippen molar-refractivity contribution in [2.45, 2.75) is 0 Å². The average molecular weight is 532 g/mol. The Morgan fingerprint density at radius 1 is 0.475 bits per heavy atom. The number of aromatic nitrogens is 5. The van der Waals surface area contributed by atoms with Gasteiger partial charge in [-0.3, -0.25) is 4.40 Å². The Labute approximate surface area is 234 Å². The second-order valence-electron chi connectivity index (χ2n) is 9.63. The molecule has 0 atom stereocenters. The highest BCUT2D eigenvalue weighted by atomic mass is 32.1. The van der Waals surface area contributed by atoms with Crippen LogP contribution in [-0.4, -0.2) is 24.3 Å². The lowest BCUT2D eigenvalue weighted by Crippen LogP contribution is -2.00. The molecule has 0 unspecified atom stereocenters. The minimum Gasteiger partial charge on any atom is -0.290 e. The maximum absolute atomic E-state index is 4.93. The maximum Gasteiger partial charge on any atom is 0.164 e. The Hall–Kier alpha value is -5.20. The summed E-state index contributed by atoms with van der Waals surface area (Å²) >= 11 is 1.77. The van der Waals surface area contributed by atoms with E-state index in [1.54, 1.807) is 11.3 Å². The molecule has 4 aromatic heterocycles. The molecule has 0 radical (unpaired) electrons. The van der Waals surface area contributed by atoms with Crippen LogP contribution in [0.15, 0.2) is 128 Å². The van der Waals surface area contributed by atoms with Gasteiger partial charge in [-0.2, -0.15) is 0 Å². The number of pyridine rings is 1. The van der Waals surface area contributed by atoms with Gasteiger partial charge in [0.2, 0.25) is 0 Å². The predicted octanol–water partition coefficient (Wildman–Crippen LogP) is 8.56. The number of fused-ring (bicyclic) bond motifs is 5. The van der Waals surface area contributed by atoms with E-state index < -0.39 is 0 Å². The first kappa shape index (κ1) is 22.8. The Balaban J connectivity index is 1.26. The third-order valence-corrected chi connectivity index (χ3v) is 8.24. The van der Waals surface area contributed by atoms with Crippen LogP contribution >= 0.6 is 11.3 Å². The molecule has 0 aliphatic rings. The van der Waals surface area contributed by atoms with E-state index in [1.165, 1.54) is 10.1 Å². The van der Waals surface area contributed by atoms with Gasteiger partial charge >= 0.3 is 0 Å². The van der Waals surface area contributed by atoms with Crippen LogP contribution in [0.3, 0.4) is 0 Å². The summed E-state index contributed by atoms with van der Waals surface area (Å²) in [4.78, 5) is 20.7. The second kappa shape index (κ2) is 9.22. The molecule has 0 saturated heterocycles. The van der Waals surface area contributed by atoms with Crippen molar-refractivity contribution < 1.29 is 0 Å². The van der Waals surface area contributed by atoms with Crippen molar-refractivity contribution in [2.24, 2.45) is 0 Å². The largest absolute Gasteiger partial charge is 0.290 e. The molecule has 188 valence electrons. The maximum atomic E-state index is 4.93. The quantitative estimate of drug-likeness (QED) is 0.228. The molecule has 4 heterocycles. The summed E-state index contributed by atoms with van der Waals surface area (Å²) in [5, 5.41) is 1.20. The van der Waals surface area contributed by atoms with Gasteiger partial charge in [0, 0.05) is 33.0 Å². The van der Waals surface area contributed by atoms with Crippen LogP contribution in [0.1, 0.15) is 0 Å². The monoisotopic (exact) mass is 531 g/mol. The molecule has 0 N–H and O–H groups in total. The predicted molar refractivity (Wildman–Crippen MR) is 163 cm³/mol. The highest BCUT2D eigenvalue weighted by Gasteiger charge is 2.15. The van der Waals surface area contributed by atoms with Gasteiger partial charge in [0.25, 0.3) is 0 Å². The van der Waals surface area contributed by atoms with Crippen LogP contribution in [0.5, 0.6) is 0 Å². The van der Waals surface area contributed by atoms with Crippen LogP contribution in [0.2, 0.25) is 0 Å². The van der Waals surface area contributed by atoms with Crippen molar-refractivity contribution in [3.8, 4) is 45.3 Å². The lowest BCUT2D eigenvalue weighted by Gasteiger charge is -2.10. The normalized spacial score (nSPS) is 11.5. The molecule has 0 amide bonds. The van der Waals surface area contributed by atoms with E-state index in [9.17, 15) is 0 Å².